The number of anilines is 1. The summed E-state index contributed by atoms with van der Waals surface area (Å²) in [6, 6.07) is 10.0. The van der Waals surface area contributed by atoms with Crippen LogP contribution >= 0.6 is 0 Å². The number of rotatable bonds is 3. The number of aromatic amines is 1. The van der Waals surface area contributed by atoms with E-state index in [1.165, 1.54) is 6.42 Å². The molecule has 1 aliphatic heterocycles. The van der Waals surface area contributed by atoms with Crippen molar-refractivity contribution in [3.8, 4) is 17.1 Å². The number of para-hydroxylation sites is 1. The van der Waals surface area contributed by atoms with E-state index in [1.54, 1.807) is 6.20 Å². The molecule has 3 heterocycles. The van der Waals surface area contributed by atoms with Crippen molar-refractivity contribution in [3.05, 3.63) is 42.7 Å². The van der Waals surface area contributed by atoms with Crippen LogP contribution in [-0.2, 0) is 0 Å². The van der Waals surface area contributed by atoms with E-state index >= 15 is 0 Å². The molecule has 1 saturated heterocycles. The zero-order chi connectivity index (χ0) is 13.4. The molecule has 6 heteroatoms. The van der Waals surface area contributed by atoms with Crippen molar-refractivity contribution < 1.29 is 0 Å². The zero-order valence-electron chi connectivity index (χ0n) is 10.9. The highest BCUT2D eigenvalue weighted by atomic mass is 15.4. The molecule has 0 atom stereocenters. The molecule has 0 spiro atoms. The first-order valence-electron chi connectivity index (χ1n) is 6.68. The van der Waals surface area contributed by atoms with Crippen molar-refractivity contribution in [2.24, 2.45) is 0 Å². The molecule has 6 nitrogen and oxygen atoms in total. The largest absolute Gasteiger partial charge is 0.339 e. The Morgan fingerprint density at radius 2 is 1.95 bits per heavy atom. The fourth-order valence-electron chi connectivity index (χ4n) is 2.21. The first kappa shape index (κ1) is 11.2. The number of hydrogen-bond donors (Lipinski definition) is 1. The van der Waals surface area contributed by atoms with Gasteiger partial charge in [-0.3, -0.25) is 5.10 Å². The average molecular weight is 266 g/mol. The van der Waals surface area contributed by atoms with Crippen molar-refractivity contribution in [1.29, 1.82) is 0 Å². The monoisotopic (exact) mass is 266 g/mol. The number of benzene rings is 1. The van der Waals surface area contributed by atoms with Gasteiger partial charge in [0.05, 0.1) is 17.4 Å². The lowest BCUT2D eigenvalue weighted by Gasteiger charge is -2.29. The van der Waals surface area contributed by atoms with Gasteiger partial charge in [0, 0.05) is 19.3 Å². The van der Waals surface area contributed by atoms with Crippen LogP contribution in [0.2, 0.25) is 0 Å². The molecule has 1 N–H and O–H groups in total. The summed E-state index contributed by atoms with van der Waals surface area (Å²) in [7, 11) is 0. The van der Waals surface area contributed by atoms with Gasteiger partial charge in [0.25, 0.3) is 0 Å². The Balaban J connectivity index is 1.63. The molecule has 20 heavy (non-hydrogen) atoms. The van der Waals surface area contributed by atoms with Gasteiger partial charge in [0.15, 0.2) is 5.82 Å². The van der Waals surface area contributed by atoms with Crippen LogP contribution in [-0.4, -0.2) is 38.1 Å². The number of nitrogens with one attached hydrogen (secondary N) is 1. The van der Waals surface area contributed by atoms with Crippen molar-refractivity contribution in [1.82, 2.24) is 25.0 Å². The Morgan fingerprint density at radius 3 is 2.70 bits per heavy atom. The van der Waals surface area contributed by atoms with Crippen molar-refractivity contribution in [2.45, 2.75) is 6.42 Å². The number of hydrogen-bond acceptors (Lipinski definition) is 4. The molecule has 3 aromatic rings. The van der Waals surface area contributed by atoms with E-state index in [1.807, 2.05) is 41.2 Å². The standard InChI is InChI=1S/C14H14N6/c1-2-5-12(6-3-1)20-10-11(9-15-20)13-16-14(18-17-13)19-7-4-8-19/h1-3,5-6,9-10H,4,7-8H2,(H,16,17,18). The lowest BCUT2D eigenvalue weighted by Crippen LogP contribution is -2.37. The summed E-state index contributed by atoms with van der Waals surface area (Å²) in [4.78, 5) is 6.67. The number of nitrogens with zero attached hydrogens (tertiary/aromatic N) is 5. The first-order valence-corrected chi connectivity index (χ1v) is 6.68. The summed E-state index contributed by atoms with van der Waals surface area (Å²) in [5.74, 6) is 1.53. The van der Waals surface area contributed by atoms with Crippen molar-refractivity contribution >= 4 is 5.95 Å². The molecule has 0 amide bonds. The normalized spacial score (nSPS) is 14.3. The minimum absolute atomic E-state index is 0.758. The molecule has 100 valence electrons. The third-order valence-corrected chi connectivity index (χ3v) is 3.49. The van der Waals surface area contributed by atoms with Gasteiger partial charge >= 0.3 is 0 Å². The van der Waals surface area contributed by atoms with Gasteiger partial charge in [-0.2, -0.15) is 10.1 Å². The summed E-state index contributed by atoms with van der Waals surface area (Å²) in [6.07, 6.45) is 4.97. The van der Waals surface area contributed by atoms with E-state index in [9.17, 15) is 0 Å². The lowest BCUT2D eigenvalue weighted by atomic mass is 10.2. The first-order chi connectivity index (χ1) is 9.90. The molecule has 0 radical (unpaired) electrons. The molecule has 2 aromatic heterocycles. The topological polar surface area (TPSA) is 62.6 Å². The fraction of sp³-hybridized carbons (Fsp3) is 0.214. The van der Waals surface area contributed by atoms with Crippen LogP contribution in [0.25, 0.3) is 17.1 Å². The van der Waals surface area contributed by atoms with Crippen molar-refractivity contribution in [3.63, 3.8) is 0 Å². The van der Waals surface area contributed by atoms with Gasteiger partial charge < -0.3 is 4.90 Å². The highest BCUT2D eigenvalue weighted by molar-refractivity contribution is 5.55. The van der Waals surface area contributed by atoms with E-state index in [0.717, 1.165) is 36.1 Å². The third-order valence-electron chi connectivity index (χ3n) is 3.49. The quantitative estimate of drug-likeness (QED) is 0.786. The second kappa shape index (κ2) is 4.48. The molecular formula is C14H14N6. The summed E-state index contributed by atoms with van der Waals surface area (Å²) in [6.45, 7) is 2.08. The average Bonchev–Trinajstić information content (AvgIpc) is 3.06. The molecule has 1 fully saturated rings. The fourth-order valence-corrected chi connectivity index (χ4v) is 2.21. The summed E-state index contributed by atoms with van der Waals surface area (Å²) in [5.41, 5.74) is 1.97. The Bertz CT molecular complexity index is 710. The number of H-pyrrole nitrogens is 1. The predicted molar refractivity (Wildman–Crippen MR) is 75.8 cm³/mol. The van der Waals surface area contributed by atoms with Gasteiger partial charge in [-0.1, -0.05) is 18.2 Å². The van der Waals surface area contributed by atoms with E-state index in [4.69, 9.17) is 0 Å². The van der Waals surface area contributed by atoms with Gasteiger partial charge in [-0.15, -0.1) is 5.10 Å². The van der Waals surface area contributed by atoms with E-state index in [-0.39, 0.29) is 0 Å². The highest BCUT2D eigenvalue weighted by Gasteiger charge is 2.19. The Morgan fingerprint density at radius 1 is 1.10 bits per heavy atom. The smallest absolute Gasteiger partial charge is 0.245 e. The maximum atomic E-state index is 4.52. The van der Waals surface area contributed by atoms with Crippen LogP contribution in [0.1, 0.15) is 6.42 Å². The van der Waals surface area contributed by atoms with E-state index < -0.39 is 0 Å². The maximum Gasteiger partial charge on any atom is 0.245 e. The third kappa shape index (κ3) is 1.85. The second-order valence-electron chi connectivity index (χ2n) is 4.83. The lowest BCUT2D eigenvalue weighted by molar-refractivity contribution is 0.601. The van der Waals surface area contributed by atoms with Crippen LogP contribution < -0.4 is 4.90 Å². The van der Waals surface area contributed by atoms with Gasteiger partial charge in [0.2, 0.25) is 5.95 Å². The van der Waals surface area contributed by atoms with Crippen molar-refractivity contribution in [2.75, 3.05) is 18.0 Å². The van der Waals surface area contributed by atoms with E-state index in [0.29, 0.717) is 0 Å². The number of aromatic nitrogens is 5. The SMILES string of the molecule is c1ccc(-n2cc(-c3nc(N4CCC4)n[nH]3)cn2)cc1. The molecular weight excluding hydrogens is 252 g/mol. The van der Waals surface area contributed by atoms with Crippen LogP contribution in [0.4, 0.5) is 5.95 Å². The summed E-state index contributed by atoms with van der Waals surface area (Å²) >= 11 is 0. The zero-order valence-corrected chi connectivity index (χ0v) is 10.9. The molecule has 0 saturated carbocycles. The maximum absolute atomic E-state index is 4.52. The van der Waals surface area contributed by atoms with Gasteiger partial charge in [0.1, 0.15) is 0 Å². The summed E-state index contributed by atoms with van der Waals surface area (Å²) in [5, 5.41) is 11.6. The Kier molecular flexibility index (Phi) is 2.51. The molecule has 0 bridgehead atoms. The molecule has 1 aliphatic rings. The second-order valence-corrected chi connectivity index (χ2v) is 4.83. The van der Waals surface area contributed by atoms with Gasteiger partial charge in [-0.25, -0.2) is 4.68 Å². The predicted octanol–water partition coefficient (Wildman–Crippen LogP) is 1.87. The molecule has 0 unspecified atom stereocenters. The molecule has 0 aliphatic carbocycles. The Labute approximate surface area is 116 Å². The van der Waals surface area contributed by atoms with Crippen LogP contribution in [0.15, 0.2) is 42.7 Å². The Hall–Kier alpha value is -2.63. The minimum atomic E-state index is 0.758. The van der Waals surface area contributed by atoms with Crippen LogP contribution in [0.3, 0.4) is 0 Å². The molecule has 1 aromatic carbocycles. The highest BCUT2D eigenvalue weighted by Crippen LogP contribution is 2.21. The van der Waals surface area contributed by atoms with Gasteiger partial charge in [-0.05, 0) is 18.6 Å². The van der Waals surface area contributed by atoms with Crippen LogP contribution in [0.5, 0.6) is 0 Å². The van der Waals surface area contributed by atoms with Crippen LogP contribution in [0, 0.1) is 0 Å². The summed E-state index contributed by atoms with van der Waals surface area (Å²) < 4.78 is 1.83. The molecule has 4 rings (SSSR count). The van der Waals surface area contributed by atoms with E-state index in [2.05, 4.69) is 25.2 Å². The minimum Gasteiger partial charge on any atom is -0.339 e.